The lowest BCUT2D eigenvalue weighted by Crippen LogP contribution is -2.38. The Morgan fingerprint density at radius 2 is 1.97 bits per heavy atom. The molecule has 4 rings (SSSR count). The van der Waals surface area contributed by atoms with Crippen LogP contribution in [0.3, 0.4) is 0 Å². The monoisotopic (exact) mass is 447 g/mol. The van der Waals surface area contributed by atoms with Crippen LogP contribution in [-0.2, 0) is 0 Å². The fourth-order valence-electron chi connectivity index (χ4n) is 3.87. The van der Waals surface area contributed by atoms with Crippen molar-refractivity contribution in [3.05, 3.63) is 58.0 Å². The van der Waals surface area contributed by atoms with Crippen molar-refractivity contribution in [2.45, 2.75) is 25.4 Å². The van der Waals surface area contributed by atoms with Crippen molar-refractivity contribution < 1.29 is 28.0 Å². The van der Waals surface area contributed by atoms with E-state index in [2.05, 4.69) is 14.9 Å². The number of ether oxygens (including phenoxy) is 2. The number of nitro groups is 1. The predicted molar refractivity (Wildman–Crippen MR) is 107 cm³/mol. The second kappa shape index (κ2) is 8.73. The summed E-state index contributed by atoms with van der Waals surface area (Å²) in [4.78, 5) is 25.3. The average molecular weight is 447 g/mol. The van der Waals surface area contributed by atoms with Crippen LogP contribution >= 0.6 is 0 Å². The van der Waals surface area contributed by atoms with Crippen molar-refractivity contribution in [1.29, 1.82) is 0 Å². The minimum absolute atomic E-state index is 0.0720. The molecule has 3 aromatic rings. The third kappa shape index (κ3) is 4.03. The summed E-state index contributed by atoms with van der Waals surface area (Å²) in [6, 6.07) is 7.45. The van der Waals surface area contributed by atoms with Crippen LogP contribution in [0.25, 0.3) is 5.65 Å². The van der Waals surface area contributed by atoms with E-state index in [1.54, 1.807) is 0 Å². The van der Waals surface area contributed by atoms with Crippen LogP contribution in [0.2, 0.25) is 0 Å². The maximum absolute atomic E-state index is 13.1. The first kappa shape index (κ1) is 21.4. The number of benzene rings is 1. The number of methoxy groups -OCH3 is 1. The summed E-state index contributed by atoms with van der Waals surface area (Å²) < 4.78 is 36.5. The van der Waals surface area contributed by atoms with Gasteiger partial charge in [0, 0.05) is 31.3 Å². The fourth-order valence-corrected chi connectivity index (χ4v) is 3.87. The highest BCUT2D eigenvalue weighted by molar-refractivity contribution is 5.99. The number of carbonyl (C=O) groups is 1. The van der Waals surface area contributed by atoms with E-state index in [0.717, 1.165) is 23.6 Å². The molecule has 2 aromatic heterocycles. The second-order valence-electron chi connectivity index (χ2n) is 7.21. The van der Waals surface area contributed by atoms with E-state index in [1.807, 2.05) is 28.8 Å². The Labute approximate surface area is 180 Å². The summed E-state index contributed by atoms with van der Waals surface area (Å²) in [6.45, 7) is -2.50. The summed E-state index contributed by atoms with van der Waals surface area (Å²) in [7, 11) is 1.20. The molecular weight excluding hydrogens is 428 g/mol. The van der Waals surface area contributed by atoms with E-state index in [4.69, 9.17) is 4.74 Å². The van der Waals surface area contributed by atoms with Crippen LogP contribution < -0.4 is 9.47 Å². The maximum atomic E-state index is 13.1. The lowest BCUT2D eigenvalue weighted by molar-refractivity contribution is -0.385. The Bertz CT molecular complexity index is 1160. The SMILES string of the molecule is COc1cc(C(=O)N2CCC(c3nnc4ccccn34)CC2)c([N+](=O)[O-])cc1OC(F)F. The molecule has 1 aromatic carbocycles. The Morgan fingerprint density at radius 3 is 2.62 bits per heavy atom. The molecule has 0 atom stereocenters. The van der Waals surface area contributed by atoms with Crippen molar-refractivity contribution >= 4 is 17.2 Å². The number of piperidine rings is 1. The molecule has 0 saturated carbocycles. The highest BCUT2D eigenvalue weighted by Crippen LogP contribution is 2.37. The summed E-state index contributed by atoms with van der Waals surface area (Å²) in [6.07, 6.45) is 3.07. The van der Waals surface area contributed by atoms with Gasteiger partial charge in [0.25, 0.3) is 11.6 Å². The molecular formula is C20H19F2N5O5. The number of likely N-dealkylation sites (tertiary alicyclic amines) is 1. The zero-order chi connectivity index (χ0) is 22.8. The number of carbonyl (C=O) groups excluding carboxylic acids is 1. The van der Waals surface area contributed by atoms with Gasteiger partial charge in [0.15, 0.2) is 17.1 Å². The topological polar surface area (TPSA) is 112 Å². The van der Waals surface area contributed by atoms with E-state index in [0.29, 0.717) is 25.9 Å². The summed E-state index contributed by atoms with van der Waals surface area (Å²) in [5, 5.41) is 19.9. The minimum atomic E-state index is -3.20. The fraction of sp³-hybridized carbons (Fsp3) is 0.350. The highest BCUT2D eigenvalue weighted by Gasteiger charge is 2.32. The first-order valence-corrected chi connectivity index (χ1v) is 9.79. The lowest BCUT2D eigenvalue weighted by atomic mass is 9.95. The molecule has 168 valence electrons. The van der Waals surface area contributed by atoms with Crippen LogP contribution in [0.1, 0.15) is 34.9 Å². The van der Waals surface area contributed by atoms with Gasteiger partial charge in [-0.15, -0.1) is 10.2 Å². The van der Waals surface area contributed by atoms with Gasteiger partial charge < -0.3 is 14.4 Å². The molecule has 12 heteroatoms. The number of pyridine rings is 1. The Kier molecular flexibility index (Phi) is 5.84. The third-order valence-electron chi connectivity index (χ3n) is 5.41. The van der Waals surface area contributed by atoms with Crippen LogP contribution in [0.15, 0.2) is 36.5 Å². The number of nitro benzene ring substituents is 1. The minimum Gasteiger partial charge on any atom is -0.493 e. The van der Waals surface area contributed by atoms with Crippen LogP contribution in [0, 0.1) is 10.1 Å². The largest absolute Gasteiger partial charge is 0.493 e. The zero-order valence-electron chi connectivity index (χ0n) is 17.0. The quantitative estimate of drug-likeness (QED) is 0.421. The third-order valence-corrected chi connectivity index (χ3v) is 5.41. The molecule has 0 bridgehead atoms. The summed E-state index contributed by atoms with van der Waals surface area (Å²) in [5.74, 6) is -0.410. The van der Waals surface area contributed by atoms with E-state index < -0.39 is 28.9 Å². The standard InChI is InChI=1S/C20H19F2N5O5/c1-31-15-10-13(14(27(29)30)11-16(15)32-20(21)22)19(28)25-8-5-12(6-9-25)18-24-23-17-4-2-3-7-26(17)18/h2-4,7,10-12,20H,5-6,8-9H2,1H3. The zero-order valence-corrected chi connectivity index (χ0v) is 17.0. The first-order chi connectivity index (χ1) is 15.4. The molecule has 3 heterocycles. The van der Waals surface area contributed by atoms with Crippen molar-refractivity contribution in [2.75, 3.05) is 20.2 Å². The van der Waals surface area contributed by atoms with Crippen molar-refractivity contribution in [1.82, 2.24) is 19.5 Å². The van der Waals surface area contributed by atoms with E-state index in [9.17, 15) is 23.7 Å². The van der Waals surface area contributed by atoms with Gasteiger partial charge >= 0.3 is 6.61 Å². The number of fused-ring (bicyclic) bond motifs is 1. The molecule has 1 fully saturated rings. The van der Waals surface area contributed by atoms with Gasteiger partial charge in [0.1, 0.15) is 11.4 Å². The Morgan fingerprint density at radius 1 is 1.22 bits per heavy atom. The number of rotatable bonds is 6. The molecule has 0 radical (unpaired) electrons. The Hall–Kier alpha value is -3.83. The van der Waals surface area contributed by atoms with Gasteiger partial charge in [0.05, 0.1) is 18.1 Å². The van der Waals surface area contributed by atoms with Gasteiger partial charge in [-0.2, -0.15) is 8.78 Å². The van der Waals surface area contributed by atoms with Gasteiger partial charge in [-0.3, -0.25) is 19.3 Å². The molecule has 0 aliphatic carbocycles. The van der Waals surface area contributed by atoms with Crippen molar-refractivity contribution in [2.24, 2.45) is 0 Å². The average Bonchev–Trinajstić information content (AvgIpc) is 3.22. The molecule has 1 aliphatic heterocycles. The highest BCUT2D eigenvalue weighted by atomic mass is 19.3. The predicted octanol–water partition coefficient (Wildman–Crippen LogP) is 3.27. The van der Waals surface area contributed by atoms with Crippen LogP contribution in [-0.4, -0.2) is 57.1 Å². The molecule has 0 unspecified atom stereocenters. The molecule has 32 heavy (non-hydrogen) atoms. The van der Waals surface area contributed by atoms with Crippen molar-refractivity contribution in [3.63, 3.8) is 0 Å². The van der Waals surface area contributed by atoms with Crippen molar-refractivity contribution in [3.8, 4) is 11.5 Å². The Balaban J connectivity index is 1.55. The molecule has 1 aliphatic rings. The smallest absolute Gasteiger partial charge is 0.387 e. The number of alkyl halides is 2. The lowest BCUT2D eigenvalue weighted by Gasteiger charge is -2.31. The second-order valence-corrected chi connectivity index (χ2v) is 7.21. The maximum Gasteiger partial charge on any atom is 0.387 e. The van der Waals surface area contributed by atoms with Gasteiger partial charge in [-0.05, 0) is 25.0 Å². The summed E-state index contributed by atoms with van der Waals surface area (Å²) >= 11 is 0. The number of amides is 1. The molecule has 10 nitrogen and oxygen atoms in total. The molecule has 0 spiro atoms. The number of nitrogens with zero attached hydrogens (tertiary/aromatic N) is 5. The first-order valence-electron chi connectivity index (χ1n) is 9.79. The van der Waals surface area contributed by atoms with Gasteiger partial charge in [-0.25, -0.2) is 0 Å². The van der Waals surface area contributed by atoms with Crippen LogP contribution in [0.5, 0.6) is 11.5 Å². The van der Waals surface area contributed by atoms with Crippen LogP contribution in [0.4, 0.5) is 14.5 Å². The summed E-state index contributed by atoms with van der Waals surface area (Å²) in [5.41, 5.74) is -0.147. The number of halogens is 2. The molecule has 1 saturated heterocycles. The number of hydrogen-bond acceptors (Lipinski definition) is 7. The molecule has 0 N–H and O–H groups in total. The van der Waals surface area contributed by atoms with E-state index in [-0.39, 0.29) is 17.2 Å². The van der Waals surface area contributed by atoms with E-state index in [1.165, 1.54) is 12.0 Å². The normalized spacial score (nSPS) is 14.7. The number of aromatic nitrogens is 3. The molecule has 1 amide bonds. The number of hydrogen-bond donors (Lipinski definition) is 0. The van der Waals surface area contributed by atoms with E-state index >= 15 is 0 Å². The van der Waals surface area contributed by atoms with Gasteiger partial charge in [0.2, 0.25) is 0 Å². The van der Waals surface area contributed by atoms with Gasteiger partial charge in [-0.1, -0.05) is 6.07 Å².